The summed E-state index contributed by atoms with van der Waals surface area (Å²) < 4.78 is 0. The third-order valence-corrected chi connectivity index (χ3v) is 5.39. The molecular formula is C18H15Cl2N3S2. The topological polar surface area (TPSA) is 28.2 Å². The predicted molar refractivity (Wildman–Crippen MR) is 112 cm³/mol. The molecule has 0 saturated carbocycles. The number of thiazole rings is 1. The van der Waals surface area contributed by atoms with Crippen molar-refractivity contribution >= 4 is 62.7 Å². The van der Waals surface area contributed by atoms with E-state index in [1.807, 2.05) is 58.8 Å². The van der Waals surface area contributed by atoms with Gasteiger partial charge in [0.1, 0.15) is 0 Å². The quantitative estimate of drug-likeness (QED) is 0.533. The van der Waals surface area contributed by atoms with Crippen LogP contribution in [0.15, 0.2) is 60.1 Å². The second-order valence-corrected chi connectivity index (χ2v) is 7.29. The number of aromatic nitrogens is 1. The van der Waals surface area contributed by atoms with Crippen molar-refractivity contribution in [3.8, 4) is 0 Å². The number of rotatable bonds is 5. The number of thiocarbonyl (C=S) groups is 1. The number of para-hydroxylation sites is 1. The van der Waals surface area contributed by atoms with Crippen LogP contribution in [0.5, 0.6) is 0 Å². The Bertz CT molecular complexity index is 853. The van der Waals surface area contributed by atoms with E-state index in [9.17, 15) is 0 Å². The van der Waals surface area contributed by atoms with Crippen LogP contribution in [-0.2, 0) is 6.42 Å². The van der Waals surface area contributed by atoms with Gasteiger partial charge in [-0.25, -0.2) is 4.98 Å². The molecule has 0 unspecified atom stereocenters. The number of nitrogens with one attached hydrogen (secondary N) is 1. The van der Waals surface area contributed by atoms with E-state index < -0.39 is 0 Å². The van der Waals surface area contributed by atoms with Crippen molar-refractivity contribution in [1.82, 2.24) is 4.98 Å². The maximum atomic E-state index is 6.27. The molecule has 0 atom stereocenters. The van der Waals surface area contributed by atoms with E-state index in [1.54, 1.807) is 6.20 Å². The summed E-state index contributed by atoms with van der Waals surface area (Å²) in [5, 5.41) is 7.89. The third-order valence-electron chi connectivity index (χ3n) is 3.57. The molecule has 2 aromatic carbocycles. The molecule has 0 radical (unpaired) electrons. The number of anilines is 2. The number of benzene rings is 2. The molecule has 0 aliphatic rings. The standard InChI is InChI=1S/C18H15Cl2N3S2/c19-14-6-2-1-5-13(14)9-11-23(18-21-10-12-25-18)17(24)22-16-8-4-3-7-15(16)20/h1-8,10,12H,9,11H2,(H,22,24). The molecule has 0 fully saturated rings. The Kier molecular flexibility index (Phi) is 6.26. The molecule has 0 bridgehead atoms. The Labute approximate surface area is 166 Å². The van der Waals surface area contributed by atoms with Crippen molar-refractivity contribution in [2.75, 3.05) is 16.8 Å². The molecule has 0 spiro atoms. The molecule has 3 nitrogen and oxygen atoms in total. The highest BCUT2D eigenvalue weighted by Crippen LogP contribution is 2.24. The van der Waals surface area contributed by atoms with Crippen LogP contribution in [0.25, 0.3) is 0 Å². The zero-order chi connectivity index (χ0) is 17.6. The second kappa shape index (κ2) is 8.63. The zero-order valence-corrected chi connectivity index (χ0v) is 16.3. The average Bonchev–Trinajstić information content (AvgIpc) is 3.13. The van der Waals surface area contributed by atoms with Crippen LogP contribution >= 0.6 is 46.8 Å². The van der Waals surface area contributed by atoms with Crippen molar-refractivity contribution in [3.63, 3.8) is 0 Å². The van der Waals surface area contributed by atoms with Crippen LogP contribution < -0.4 is 10.2 Å². The Hall–Kier alpha value is -1.66. The van der Waals surface area contributed by atoms with Gasteiger partial charge in [0.25, 0.3) is 0 Å². The third kappa shape index (κ3) is 4.70. The molecule has 3 rings (SSSR count). The van der Waals surface area contributed by atoms with Crippen LogP contribution in [0, 0.1) is 0 Å². The molecule has 3 aromatic rings. The summed E-state index contributed by atoms with van der Waals surface area (Å²) in [6, 6.07) is 15.3. The van der Waals surface area contributed by atoms with Crippen molar-refractivity contribution < 1.29 is 0 Å². The first-order valence-electron chi connectivity index (χ1n) is 7.61. The van der Waals surface area contributed by atoms with Gasteiger partial charge in [0.05, 0.1) is 10.7 Å². The summed E-state index contributed by atoms with van der Waals surface area (Å²) in [5.41, 5.74) is 1.85. The van der Waals surface area contributed by atoms with Crippen LogP contribution in [0.3, 0.4) is 0 Å². The number of halogens is 2. The molecular weight excluding hydrogens is 393 g/mol. The minimum Gasteiger partial charge on any atom is -0.331 e. The van der Waals surface area contributed by atoms with Gasteiger partial charge in [0, 0.05) is 23.1 Å². The normalized spacial score (nSPS) is 10.5. The van der Waals surface area contributed by atoms with E-state index in [4.69, 9.17) is 35.4 Å². The van der Waals surface area contributed by atoms with Gasteiger partial charge in [0.2, 0.25) is 0 Å². The van der Waals surface area contributed by atoms with Gasteiger partial charge in [-0.05, 0) is 42.4 Å². The lowest BCUT2D eigenvalue weighted by molar-refractivity contribution is 0.933. The molecule has 0 saturated heterocycles. The summed E-state index contributed by atoms with van der Waals surface area (Å²) in [6.07, 6.45) is 2.52. The molecule has 1 heterocycles. The lowest BCUT2D eigenvalue weighted by Crippen LogP contribution is -2.36. The van der Waals surface area contributed by atoms with Gasteiger partial charge in [0.15, 0.2) is 10.2 Å². The highest BCUT2D eigenvalue weighted by atomic mass is 35.5. The van der Waals surface area contributed by atoms with Crippen molar-refractivity contribution in [2.24, 2.45) is 0 Å². The van der Waals surface area contributed by atoms with Gasteiger partial charge in [-0.2, -0.15) is 0 Å². The van der Waals surface area contributed by atoms with Crippen molar-refractivity contribution in [3.05, 3.63) is 75.7 Å². The van der Waals surface area contributed by atoms with Crippen molar-refractivity contribution in [1.29, 1.82) is 0 Å². The number of nitrogens with zero attached hydrogens (tertiary/aromatic N) is 2. The average molecular weight is 408 g/mol. The summed E-state index contributed by atoms with van der Waals surface area (Å²) in [4.78, 5) is 6.35. The summed E-state index contributed by atoms with van der Waals surface area (Å²) in [5.74, 6) is 0. The smallest absolute Gasteiger partial charge is 0.191 e. The van der Waals surface area contributed by atoms with Gasteiger partial charge in [-0.3, -0.25) is 4.90 Å². The first-order valence-corrected chi connectivity index (χ1v) is 9.65. The van der Waals surface area contributed by atoms with Gasteiger partial charge >= 0.3 is 0 Å². The second-order valence-electron chi connectivity index (χ2n) is 5.22. The SMILES string of the molecule is S=C(Nc1ccccc1Cl)N(CCc1ccccc1Cl)c1nccs1. The van der Waals surface area contributed by atoms with E-state index in [1.165, 1.54) is 11.3 Å². The van der Waals surface area contributed by atoms with Gasteiger partial charge in [-0.1, -0.05) is 53.5 Å². The molecule has 0 amide bonds. The maximum absolute atomic E-state index is 6.27. The Balaban J connectivity index is 1.77. The lowest BCUT2D eigenvalue weighted by Gasteiger charge is -2.24. The van der Waals surface area contributed by atoms with Crippen molar-refractivity contribution in [2.45, 2.75) is 6.42 Å². The molecule has 7 heteroatoms. The lowest BCUT2D eigenvalue weighted by atomic mass is 10.1. The first-order chi connectivity index (χ1) is 12.1. The van der Waals surface area contributed by atoms with Crippen LogP contribution in [0.4, 0.5) is 10.8 Å². The summed E-state index contributed by atoms with van der Waals surface area (Å²) in [6.45, 7) is 0.660. The molecule has 1 N–H and O–H groups in total. The van der Waals surface area contributed by atoms with Gasteiger partial charge in [-0.15, -0.1) is 11.3 Å². The van der Waals surface area contributed by atoms with E-state index in [0.29, 0.717) is 16.7 Å². The monoisotopic (exact) mass is 407 g/mol. The Morgan fingerprint density at radius 2 is 1.80 bits per heavy atom. The fraction of sp³-hybridized carbons (Fsp3) is 0.111. The minimum atomic E-state index is 0.551. The summed E-state index contributed by atoms with van der Waals surface area (Å²) >= 11 is 19.6. The first kappa shape index (κ1) is 18.1. The highest BCUT2D eigenvalue weighted by Gasteiger charge is 2.16. The van der Waals surface area contributed by atoms with E-state index in [-0.39, 0.29) is 0 Å². The fourth-order valence-electron chi connectivity index (χ4n) is 2.31. The number of hydrogen-bond donors (Lipinski definition) is 1. The molecule has 0 aliphatic heterocycles. The van der Waals surface area contributed by atoms with E-state index in [2.05, 4.69) is 10.3 Å². The zero-order valence-electron chi connectivity index (χ0n) is 13.2. The highest BCUT2D eigenvalue weighted by molar-refractivity contribution is 7.80. The predicted octanol–water partition coefficient (Wildman–Crippen LogP) is 5.90. The van der Waals surface area contributed by atoms with E-state index >= 15 is 0 Å². The largest absolute Gasteiger partial charge is 0.331 e. The Morgan fingerprint density at radius 3 is 2.48 bits per heavy atom. The Morgan fingerprint density at radius 1 is 1.08 bits per heavy atom. The molecule has 0 aliphatic carbocycles. The fourth-order valence-corrected chi connectivity index (χ4v) is 3.75. The van der Waals surface area contributed by atoms with E-state index in [0.717, 1.165) is 27.8 Å². The number of hydrogen-bond acceptors (Lipinski definition) is 3. The van der Waals surface area contributed by atoms with Gasteiger partial charge < -0.3 is 5.32 Å². The minimum absolute atomic E-state index is 0.551. The molecule has 1 aromatic heterocycles. The summed E-state index contributed by atoms with van der Waals surface area (Å²) in [7, 11) is 0. The van der Waals surface area contributed by atoms with Crippen LogP contribution in [0.1, 0.15) is 5.56 Å². The maximum Gasteiger partial charge on any atom is 0.191 e. The van der Waals surface area contributed by atoms with Crippen LogP contribution in [0.2, 0.25) is 10.0 Å². The molecule has 128 valence electrons. The molecule has 25 heavy (non-hydrogen) atoms. The van der Waals surface area contributed by atoms with Crippen LogP contribution in [-0.4, -0.2) is 16.6 Å².